The zero-order chi connectivity index (χ0) is 19.9. The Morgan fingerprint density at radius 2 is 1.71 bits per heavy atom. The minimum Gasteiger partial charge on any atom is -0.493 e. The second-order valence-electron chi connectivity index (χ2n) is 6.59. The number of benzene rings is 2. The standard InChI is InChI=1S/C24H31BrO3/c1-26-24-19-21(11-7-10-18-27-17-9-3-2-8-16-25)14-15-23(24)28-20-22-12-5-4-6-13-22/h4-7,11-15,19H,2-3,8-10,16-18,20H2,1H3. The fraction of sp³-hybridized carbons (Fsp3) is 0.417. The lowest BCUT2D eigenvalue weighted by atomic mass is 10.1. The third kappa shape index (κ3) is 8.94. The number of alkyl halides is 1. The van der Waals surface area contributed by atoms with Crippen molar-refractivity contribution in [2.45, 2.75) is 38.7 Å². The topological polar surface area (TPSA) is 27.7 Å². The van der Waals surface area contributed by atoms with Gasteiger partial charge in [0.25, 0.3) is 0 Å². The Morgan fingerprint density at radius 3 is 2.50 bits per heavy atom. The van der Waals surface area contributed by atoms with Gasteiger partial charge in [-0.1, -0.05) is 77.3 Å². The number of ether oxygens (including phenoxy) is 3. The van der Waals surface area contributed by atoms with Gasteiger partial charge in [-0.05, 0) is 42.5 Å². The van der Waals surface area contributed by atoms with Crippen molar-refractivity contribution in [2.75, 3.05) is 25.7 Å². The van der Waals surface area contributed by atoms with Crippen LogP contribution in [0.25, 0.3) is 6.08 Å². The smallest absolute Gasteiger partial charge is 0.161 e. The SMILES string of the molecule is COc1cc(C=CCCOCCCCCCBr)ccc1OCc1ccccc1. The highest BCUT2D eigenvalue weighted by Gasteiger charge is 2.05. The van der Waals surface area contributed by atoms with Gasteiger partial charge in [0, 0.05) is 11.9 Å². The fourth-order valence-corrected chi connectivity index (χ4v) is 3.16. The molecule has 152 valence electrons. The summed E-state index contributed by atoms with van der Waals surface area (Å²) in [5.41, 5.74) is 2.23. The summed E-state index contributed by atoms with van der Waals surface area (Å²) in [6, 6.07) is 16.1. The number of unbranched alkanes of at least 4 members (excludes halogenated alkanes) is 3. The summed E-state index contributed by atoms with van der Waals surface area (Å²) in [4.78, 5) is 0. The van der Waals surface area contributed by atoms with E-state index in [1.54, 1.807) is 7.11 Å². The second kappa shape index (κ2) is 14.3. The van der Waals surface area contributed by atoms with Gasteiger partial charge >= 0.3 is 0 Å². The van der Waals surface area contributed by atoms with Gasteiger partial charge in [-0.15, -0.1) is 0 Å². The molecule has 0 aliphatic heterocycles. The zero-order valence-electron chi connectivity index (χ0n) is 16.7. The minimum absolute atomic E-state index is 0.528. The molecule has 28 heavy (non-hydrogen) atoms. The maximum atomic E-state index is 5.90. The molecular weight excluding hydrogens is 416 g/mol. The van der Waals surface area contributed by atoms with Gasteiger partial charge in [-0.3, -0.25) is 0 Å². The number of hydrogen-bond acceptors (Lipinski definition) is 3. The minimum atomic E-state index is 0.528. The van der Waals surface area contributed by atoms with Crippen LogP contribution in [0.2, 0.25) is 0 Å². The molecule has 0 N–H and O–H groups in total. The highest BCUT2D eigenvalue weighted by atomic mass is 79.9. The highest BCUT2D eigenvalue weighted by molar-refractivity contribution is 9.09. The van der Waals surface area contributed by atoms with Crippen molar-refractivity contribution >= 4 is 22.0 Å². The lowest BCUT2D eigenvalue weighted by molar-refractivity contribution is 0.134. The Bertz CT molecular complexity index is 686. The highest BCUT2D eigenvalue weighted by Crippen LogP contribution is 2.29. The van der Waals surface area contributed by atoms with E-state index in [0.717, 1.165) is 54.0 Å². The molecule has 0 aromatic heterocycles. The molecule has 2 aromatic carbocycles. The molecule has 0 spiro atoms. The Balaban J connectivity index is 1.71. The van der Waals surface area contributed by atoms with Crippen LogP contribution in [-0.2, 0) is 11.3 Å². The summed E-state index contributed by atoms with van der Waals surface area (Å²) in [5, 5.41) is 1.10. The molecule has 0 unspecified atom stereocenters. The van der Waals surface area contributed by atoms with Crippen LogP contribution in [0.4, 0.5) is 0 Å². The van der Waals surface area contributed by atoms with Crippen molar-refractivity contribution in [3.63, 3.8) is 0 Å². The Morgan fingerprint density at radius 1 is 0.893 bits per heavy atom. The van der Waals surface area contributed by atoms with E-state index in [-0.39, 0.29) is 0 Å². The molecule has 0 bridgehead atoms. The van der Waals surface area contributed by atoms with Gasteiger partial charge < -0.3 is 14.2 Å². The van der Waals surface area contributed by atoms with E-state index in [1.807, 2.05) is 36.4 Å². The molecule has 0 heterocycles. The van der Waals surface area contributed by atoms with Gasteiger partial charge in [0.1, 0.15) is 6.61 Å². The number of halogens is 1. The molecule has 2 rings (SSSR count). The van der Waals surface area contributed by atoms with Crippen LogP contribution in [0, 0.1) is 0 Å². The Kier molecular flexibility index (Phi) is 11.5. The maximum Gasteiger partial charge on any atom is 0.161 e. The van der Waals surface area contributed by atoms with Crippen LogP contribution in [-0.4, -0.2) is 25.7 Å². The fourth-order valence-electron chi connectivity index (χ4n) is 2.77. The predicted octanol–water partition coefficient (Wildman–Crippen LogP) is 6.65. The van der Waals surface area contributed by atoms with E-state index in [1.165, 1.54) is 19.3 Å². The average Bonchev–Trinajstić information content (AvgIpc) is 2.74. The molecule has 0 radical (unpaired) electrons. The third-order valence-corrected chi connectivity index (χ3v) is 4.90. The summed E-state index contributed by atoms with van der Waals surface area (Å²) < 4.78 is 17.1. The third-order valence-electron chi connectivity index (χ3n) is 4.34. The van der Waals surface area contributed by atoms with Crippen molar-refractivity contribution in [1.82, 2.24) is 0 Å². The lowest BCUT2D eigenvalue weighted by Gasteiger charge is -2.11. The van der Waals surface area contributed by atoms with Crippen LogP contribution in [0.5, 0.6) is 11.5 Å². The van der Waals surface area contributed by atoms with E-state index < -0.39 is 0 Å². The zero-order valence-corrected chi connectivity index (χ0v) is 18.3. The van der Waals surface area contributed by atoms with Crippen LogP contribution in [0.15, 0.2) is 54.6 Å². The summed E-state index contributed by atoms with van der Waals surface area (Å²) >= 11 is 3.46. The monoisotopic (exact) mass is 446 g/mol. The van der Waals surface area contributed by atoms with E-state index in [0.29, 0.717) is 6.61 Å². The molecule has 0 fully saturated rings. The first kappa shape index (κ1) is 22.5. The predicted molar refractivity (Wildman–Crippen MR) is 121 cm³/mol. The second-order valence-corrected chi connectivity index (χ2v) is 7.38. The molecule has 3 nitrogen and oxygen atoms in total. The van der Waals surface area contributed by atoms with Gasteiger partial charge in [0.15, 0.2) is 11.5 Å². The number of rotatable bonds is 14. The van der Waals surface area contributed by atoms with Crippen molar-refractivity contribution in [1.29, 1.82) is 0 Å². The van der Waals surface area contributed by atoms with Gasteiger partial charge in [-0.2, -0.15) is 0 Å². The van der Waals surface area contributed by atoms with Crippen LogP contribution >= 0.6 is 15.9 Å². The first-order valence-electron chi connectivity index (χ1n) is 9.98. The molecule has 4 heteroatoms. The quantitative estimate of drug-likeness (QED) is 0.240. The van der Waals surface area contributed by atoms with Gasteiger partial charge in [-0.25, -0.2) is 0 Å². The number of methoxy groups -OCH3 is 1. The molecule has 0 aliphatic rings. The van der Waals surface area contributed by atoms with Gasteiger partial charge in [0.2, 0.25) is 0 Å². The molecule has 0 saturated heterocycles. The summed E-state index contributed by atoms with van der Waals surface area (Å²) in [5.74, 6) is 1.50. The lowest BCUT2D eigenvalue weighted by Crippen LogP contribution is -1.97. The molecule has 0 atom stereocenters. The van der Waals surface area contributed by atoms with E-state index >= 15 is 0 Å². The van der Waals surface area contributed by atoms with Crippen molar-refractivity contribution < 1.29 is 14.2 Å². The number of hydrogen-bond donors (Lipinski definition) is 0. The molecule has 0 aliphatic carbocycles. The largest absolute Gasteiger partial charge is 0.493 e. The molecular formula is C24H31BrO3. The first-order chi connectivity index (χ1) is 13.8. The van der Waals surface area contributed by atoms with Gasteiger partial charge in [0.05, 0.1) is 13.7 Å². The molecule has 0 amide bonds. The van der Waals surface area contributed by atoms with Crippen molar-refractivity contribution in [3.8, 4) is 11.5 Å². The van der Waals surface area contributed by atoms with Crippen LogP contribution in [0.1, 0.15) is 43.2 Å². The van der Waals surface area contributed by atoms with Crippen molar-refractivity contribution in [2.24, 2.45) is 0 Å². The van der Waals surface area contributed by atoms with Crippen LogP contribution in [0.3, 0.4) is 0 Å². The summed E-state index contributed by atoms with van der Waals surface area (Å²) in [7, 11) is 1.67. The summed E-state index contributed by atoms with van der Waals surface area (Å²) in [6.07, 6.45) is 10.1. The summed E-state index contributed by atoms with van der Waals surface area (Å²) in [6.45, 7) is 2.15. The van der Waals surface area contributed by atoms with Crippen molar-refractivity contribution in [3.05, 3.63) is 65.7 Å². The van der Waals surface area contributed by atoms with E-state index in [4.69, 9.17) is 14.2 Å². The van der Waals surface area contributed by atoms with E-state index in [9.17, 15) is 0 Å². The first-order valence-corrected chi connectivity index (χ1v) is 11.1. The Hall–Kier alpha value is -1.78. The average molecular weight is 447 g/mol. The maximum absolute atomic E-state index is 5.90. The van der Waals surface area contributed by atoms with E-state index in [2.05, 4.69) is 40.2 Å². The molecule has 0 saturated carbocycles. The Labute approximate surface area is 177 Å². The van der Waals surface area contributed by atoms with Crippen LogP contribution < -0.4 is 9.47 Å². The molecule has 2 aromatic rings. The normalized spacial score (nSPS) is 11.1.